The number of nitrogens with zero attached hydrogens (tertiary/aromatic N) is 5. The van der Waals surface area contributed by atoms with E-state index < -0.39 is 0 Å². The molecule has 0 unspecified atom stereocenters. The Morgan fingerprint density at radius 3 is 2.62 bits per heavy atom. The van der Waals surface area contributed by atoms with E-state index in [9.17, 15) is 5.26 Å². The van der Waals surface area contributed by atoms with Crippen molar-refractivity contribution in [2.24, 2.45) is 0 Å². The van der Waals surface area contributed by atoms with Crippen LogP contribution in [0.3, 0.4) is 0 Å². The zero-order valence-electron chi connectivity index (χ0n) is 18.0. The Morgan fingerprint density at radius 1 is 1.12 bits per heavy atom. The fourth-order valence-corrected chi connectivity index (χ4v) is 4.94. The molecule has 6 rings (SSSR count). The second-order valence-electron chi connectivity index (χ2n) is 7.75. The number of pyridine rings is 1. The van der Waals surface area contributed by atoms with Crippen molar-refractivity contribution in [1.82, 2.24) is 25.5 Å². The van der Waals surface area contributed by atoms with Gasteiger partial charge in [-0.15, -0.1) is 23.7 Å². The van der Waals surface area contributed by atoms with Crippen LogP contribution in [0.4, 0.5) is 5.69 Å². The largest absolute Gasteiger partial charge is 0.463 e. The number of aromatic nitrogens is 4. The van der Waals surface area contributed by atoms with Crippen molar-refractivity contribution in [3.05, 3.63) is 59.9 Å². The van der Waals surface area contributed by atoms with Crippen LogP contribution in [-0.2, 0) is 0 Å². The predicted octanol–water partition coefficient (Wildman–Crippen LogP) is 4.71. The first kappa shape index (κ1) is 22.1. The molecule has 2 N–H and O–H groups in total. The second-order valence-corrected chi connectivity index (χ2v) is 8.63. The molecule has 0 radical (unpaired) electrons. The van der Waals surface area contributed by atoms with Gasteiger partial charge >= 0.3 is 0 Å². The Kier molecular flexibility index (Phi) is 6.02. The number of nitriles is 1. The van der Waals surface area contributed by atoms with Crippen LogP contribution in [0.25, 0.3) is 44.2 Å². The summed E-state index contributed by atoms with van der Waals surface area (Å²) in [6.07, 6.45) is 3.35. The Labute approximate surface area is 205 Å². The van der Waals surface area contributed by atoms with Crippen LogP contribution in [0.5, 0.6) is 0 Å². The summed E-state index contributed by atoms with van der Waals surface area (Å²) in [5.41, 5.74) is 6.95. The summed E-state index contributed by atoms with van der Waals surface area (Å²) in [5, 5.41) is 21.9. The molecule has 5 heterocycles. The highest BCUT2D eigenvalue weighted by Gasteiger charge is 2.24. The molecule has 8 nitrogen and oxygen atoms in total. The lowest BCUT2D eigenvalue weighted by molar-refractivity contribution is 0.580. The first-order chi connectivity index (χ1) is 16.3. The molecule has 0 aliphatic carbocycles. The smallest absolute Gasteiger partial charge is 0.182 e. The number of benzene rings is 1. The molecule has 0 atom stereocenters. The maximum atomic E-state index is 10.3. The number of halogens is 1. The summed E-state index contributed by atoms with van der Waals surface area (Å²) in [4.78, 5) is 12.1. The van der Waals surface area contributed by atoms with Crippen molar-refractivity contribution in [1.29, 1.82) is 5.26 Å². The predicted molar refractivity (Wildman–Crippen MR) is 135 cm³/mol. The van der Waals surface area contributed by atoms with E-state index in [0.717, 1.165) is 47.6 Å². The number of aromatic amines is 1. The van der Waals surface area contributed by atoms with E-state index in [4.69, 9.17) is 9.40 Å². The van der Waals surface area contributed by atoms with Crippen LogP contribution in [0.1, 0.15) is 5.56 Å². The number of fused-ring (bicyclic) bond motifs is 1. The summed E-state index contributed by atoms with van der Waals surface area (Å²) in [6.45, 7) is 3.90. The first-order valence-corrected chi connectivity index (χ1v) is 11.5. The van der Waals surface area contributed by atoms with Crippen LogP contribution in [0, 0.1) is 11.3 Å². The minimum absolute atomic E-state index is 0. The van der Waals surface area contributed by atoms with Gasteiger partial charge in [-0.3, -0.25) is 10.1 Å². The molecule has 1 aliphatic rings. The summed E-state index contributed by atoms with van der Waals surface area (Å²) in [6, 6.07) is 14.5. The van der Waals surface area contributed by atoms with Crippen molar-refractivity contribution in [2.75, 3.05) is 31.1 Å². The molecule has 1 aromatic carbocycles. The van der Waals surface area contributed by atoms with Gasteiger partial charge in [0.25, 0.3) is 0 Å². The number of anilines is 1. The summed E-state index contributed by atoms with van der Waals surface area (Å²) >= 11 is 1.45. The lowest BCUT2D eigenvalue weighted by Crippen LogP contribution is -2.43. The third kappa shape index (κ3) is 3.72. The summed E-state index contributed by atoms with van der Waals surface area (Å²) in [7, 11) is 0. The van der Waals surface area contributed by atoms with Crippen molar-refractivity contribution in [3.63, 3.8) is 0 Å². The van der Waals surface area contributed by atoms with Crippen LogP contribution < -0.4 is 10.2 Å². The first-order valence-electron chi connectivity index (χ1n) is 10.6. The molecule has 4 aromatic heterocycles. The fourth-order valence-electron chi connectivity index (χ4n) is 4.32. The number of thiazole rings is 1. The molecule has 0 amide bonds. The number of piperazine rings is 1. The topological polar surface area (TPSA) is 107 Å². The molecular formula is C24H20ClN7OS. The van der Waals surface area contributed by atoms with Gasteiger partial charge in [0.15, 0.2) is 11.4 Å². The van der Waals surface area contributed by atoms with Crippen LogP contribution in [-0.4, -0.2) is 46.3 Å². The SMILES string of the molecule is Cl.N#Cc1c(-c2cncs2)nc2n[nH]c(-c3ccco3)c2c1-c1ccc(N2CCNCC2)cc1. The van der Waals surface area contributed by atoms with E-state index in [1.807, 2.05) is 12.1 Å². The molecule has 1 aliphatic heterocycles. The van der Waals surface area contributed by atoms with Gasteiger partial charge in [0.1, 0.15) is 17.5 Å². The van der Waals surface area contributed by atoms with Gasteiger partial charge in [-0.2, -0.15) is 10.4 Å². The number of hydrogen-bond acceptors (Lipinski definition) is 8. The molecule has 0 bridgehead atoms. The van der Waals surface area contributed by atoms with Gasteiger partial charge in [-0.25, -0.2) is 4.98 Å². The maximum absolute atomic E-state index is 10.3. The molecule has 10 heteroatoms. The standard InChI is InChI=1S/C24H19N7OS.ClH/c25-12-17-20(15-3-5-16(6-4-15)31-9-7-26-8-10-31)21-23(18-2-1-11-32-18)29-30-24(21)28-22(17)19-13-27-14-33-19;/h1-6,11,13-14,26H,7-10H2,(H,28,29,30);1H. The minimum atomic E-state index is 0. The highest BCUT2D eigenvalue weighted by molar-refractivity contribution is 7.13. The third-order valence-electron chi connectivity index (χ3n) is 5.88. The number of H-pyrrole nitrogens is 1. The van der Waals surface area contributed by atoms with E-state index in [2.05, 4.69) is 55.7 Å². The monoisotopic (exact) mass is 489 g/mol. The second kappa shape index (κ2) is 9.27. The molecule has 0 spiro atoms. The summed E-state index contributed by atoms with van der Waals surface area (Å²) in [5.74, 6) is 0.646. The highest BCUT2D eigenvalue weighted by Crippen LogP contribution is 2.41. The molecule has 0 saturated carbocycles. The Morgan fingerprint density at radius 2 is 1.94 bits per heavy atom. The van der Waals surface area contributed by atoms with Gasteiger partial charge in [0.05, 0.1) is 27.6 Å². The number of rotatable bonds is 4. The molecule has 1 fully saturated rings. The third-order valence-corrected chi connectivity index (χ3v) is 6.66. The Hall–Kier alpha value is -3.71. The minimum Gasteiger partial charge on any atom is -0.463 e. The Bertz CT molecular complexity index is 1450. The van der Waals surface area contributed by atoms with Gasteiger partial charge < -0.3 is 14.6 Å². The molecule has 34 heavy (non-hydrogen) atoms. The highest BCUT2D eigenvalue weighted by atomic mass is 35.5. The van der Waals surface area contributed by atoms with Crippen LogP contribution in [0.2, 0.25) is 0 Å². The number of furan rings is 1. The fraction of sp³-hybridized carbons (Fsp3) is 0.167. The molecule has 5 aromatic rings. The van der Waals surface area contributed by atoms with E-state index in [1.165, 1.54) is 17.0 Å². The van der Waals surface area contributed by atoms with Crippen molar-refractivity contribution in [2.45, 2.75) is 0 Å². The molecule has 1 saturated heterocycles. The van der Waals surface area contributed by atoms with Crippen molar-refractivity contribution < 1.29 is 4.42 Å². The quantitative estimate of drug-likeness (QED) is 0.376. The molecule has 170 valence electrons. The normalized spacial score (nSPS) is 13.6. The number of hydrogen-bond donors (Lipinski definition) is 2. The van der Waals surface area contributed by atoms with E-state index in [1.54, 1.807) is 18.0 Å². The lowest BCUT2D eigenvalue weighted by Gasteiger charge is -2.29. The van der Waals surface area contributed by atoms with Crippen molar-refractivity contribution >= 4 is 40.5 Å². The zero-order chi connectivity index (χ0) is 22.2. The zero-order valence-corrected chi connectivity index (χ0v) is 19.6. The van der Waals surface area contributed by atoms with Gasteiger partial charge in [-0.1, -0.05) is 12.1 Å². The van der Waals surface area contributed by atoms with Gasteiger partial charge in [0.2, 0.25) is 0 Å². The average molecular weight is 490 g/mol. The van der Waals surface area contributed by atoms with Crippen LogP contribution >= 0.6 is 23.7 Å². The maximum Gasteiger partial charge on any atom is 0.182 e. The van der Waals surface area contributed by atoms with E-state index in [0.29, 0.717) is 28.4 Å². The Balaban J connectivity index is 0.00000241. The van der Waals surface area contributed by atoms with Crippen LogP contribution in [0.15, 0.2) is 58.8 Å². The molecular weight excluding hydrogens is 470 g/mol. The van der Waals surface area contributed by atoms with Gasteiger partial charge in [-0.05, 0) is 29.8 Å². The van der Waals surface area contributed by atoms with Crippen molar-refractivity contribution in [3.8, 4) is 39.2 Å². The van der Waals surface area contributed by atoms with E-state index >= 15 is 0 Å². The van der Waals surface area contributed by atoms with Gasteiger partial charge in [0, 0.05) is 43.6 Å². The number of nitrogens with one attached hydrogen (secondary N) is 2. The van der Waals surface area contributed by atoms with E-state index in [-0.39, 0.29) is 12.4 Å². The average Bonchev–Trinajstić information content (AvgIpc) is 3.65. The summed E-state index contributed by atoms with van der Waals surface area (Å²) < 4.78 is 5.65. The lowest BCUT2D eigenvalue weighted by atomic mass is 9.94.